The molecule has 1 N–H and O–H groups in total. The molecule has 0 aliphatic carbocycles. The first-order chi connectivity index (χ1) is 14.5. The normalized spacial score (nSPS) is 19.2. The topological polar surface area (TPSA) is 51.7 Å². The van der Waals surface area contributed by atoms with Crippen LogP contribution in [0.4, 0.5) is 16.2 Å². The van der Waals surface area contributed by atoms with Gasteiger partial charge in [0.2, 0.25) is 0 Å². The van der Waals surface area contributed by atoms with Crippen LogP contribution >= 0.6 is 0 Å². The van der Waals surface area contributed by atoms with Gasteiger partial charge in [-0.15, -0.1) is 0 Å². The molecule has 0 radical (unpaired) electrons. The average Bonchev–Trinajstić information content (AvgIpc) is 3.26. The van der Waals surface area contributed by atoms with Crippen molar-refractivity contribution in [3.05, 3.63) is 59.9 Å². The highest BCUT2D eigenvalue weighted by molar-refractivity contribution is 5.90. The van der Waals surface area contributed by atoms with Crippen molar-refractivity contribution >= 4 is 23.0 Å². The van der Waals surface area contributed by atoms with Crippen molar-refractivity contribution in [2.45, 2.75) is 25.8 Å². The third kappa shape index (κ3) is 4.65. The lowest BCUT2D eigenvalue weighted by atomic mass is 10.0. The van der Waals surface area contributed by atoms with Crippen molar-refractivity contribution in [2.24, 2.45) is 0 Å². The van der Waals surface area contributed by atoms with Crippen LogP contribution in [0.25, 0.3) is 5.57 Å². The molecule has 1 saturated heterocycles. The number of rotatable bonds is 4. The molecule has 6 heteroatoms. The maximum atomic E-state index is 12.7. The summed E-state index contributed by atoms with van der Waals surface area (Å²) in [4.78, 5) is 23.7. The molecule has 0 saturated carbocycles. The highest BCUT2D eigenvalue weighted by Gasteiger charge is 2.24. The summed E-state index contributed by atoms with van der Waals surface area (Å²) in [5.74, 6) is 0. The maximum Gasteiger partial charge on any atom is 0.322 e. The Hall–Kier alpha value is -2.86. The van der Waals surface area contributed by atoms with E-state index in [0.717, 1.165) is 36.5 Å². The van der Waals surface area contributed by atoms with Gasteiger partial charge in [-0.2, -0.15) is 0 Å². The first kappa shape index (κ1) is 20.4. The molecule has 4 rings (SSSR count). The zero-order chi connectivity index (χ0) is 21.1. The summed E-state index contributed by atoms with van der Waals surface area (Å²) in [7, 11) is 4.28. The van der Waals surface area contributed by atoms with E-state index in [9.17, 15) is 4.79 Å². The second-order valence-corrected chi connectivity index (χ2v) is 8.48. The van der Waals surface area contributed by atoms with Crippen LogP contribution in [-0.4, -0.2) is 67.1 Å². The van der Waals surface area contributed by atoms with Gasteiger partial charge in [-0.05, 0) is 75.3 Å². The van der Waals surface area contributed by atoms with E-state index in [1.54, 1.807) is 0 Å². The van der Waals surface area contributed by atoms with E-state index in [1.807, 2.05) is 30.2 Å². The Balaban J connectivity index is 1.32. The zero-order valence-electron chi connectivity index (χ0n) is 18.1. The Labute approximate surface area is 179 Å². The molecule has 30 heavy (non-hydrogen) atoms. The van der Waals surface area contributed by atoms with Crippen molar-refractivity contribution in [1.82, 2.24) is 14.8 Å². The molecular weight excluding hydrogens is 374 g/mol. The molecule has 1 fully saturated rings. The van der Waals surface area contributed by atoms with Crippen LogP contribution in [0.15, 0.2) is 48.7 Å². The quantitative estimate of drug-likeness (QED) is 0.839. The standard InChI is InChI=1S/C24H31N5O/c1-18-4-9-23(25-16-18)19-10-13-28(14-11-19)24(30)26-20-5-7-21(8-6-20)29-15-12-22(17-29)27(2)3/h4-10,16,22H,11-15,17H2,1-3H3,(H,26,30). The van der Waals surface area contributed by atoms with Crippen LogP contribution in [0, 0.1) is 6.92 Å². The summed E-state index contributed by atoms with van der Waals surface area (Å²) in [6.07, 6.45) is 6.01. The number of nitrogens with one attached hydrogen (secondary N) is 1. The number of hydrogen-bond acceptors (Lipinski definition) is 4. The van der Waals surface area contributed by atoms with Crippen molar-refractivity contribution in [3.8, 4) is 0 Å². The van der Waals surface area contributed by atoms with E-state index in [2.05, 4.69) is 64.5 Å². The molecule has 6 nitrogen and oxygen atoms in total. The Morgan fingerprint density at radius 3 is 2.53 bits per heavy atom. The minimum atomic E-state index is -0.0521. The molecule has 1 aromatic carbocycles. The van der Waals surface area contributed by atoms with Gasteiger partial charge in [-0.3, -0.25) is 4.98 Å². The summed E-state index contributed by atoms with van der Waals surface area (Å²) in [6, 6.07) is 12.9. The molecule has 0 spiro atoms. The average molecular weight is 406 g/mol. The molecule has 3 heterocycles. The van der Waals surface area contributed by atoms with E-state index in [-0.39, 0.29) is 6.03 Å². The van der Waals surface area contributed by atoms with Gasteiger partial charge in [0.05, 0.1) is 5.69 Å². The molecule has 2 aliphatic heterocycles. The molecule has 2 amide bonds. The third-order valence-corrected chi connectivity index (χ3v) is 6.11. The fraction of sp³-hybridized carbons (Fsp3) is 0.417. The van der Waals surface area contributed by atoms with Crippen molar-refractivity contribution in [3.63, 3.8) is 0 Å². The van der Waals surface area contributed by atoms with Crippen molar-refractivity contribution in [2.75, 3.05) is 50.5 Å². The van der Waals surface area contributed by atoms with Gasteiger partial charge in [0, 0.05) is 49.8 Å². The van der Waals surface area contributed by atoms with Gasteiger partial charge in [-0.1, -0.05) is 12.1 Å². The minimum Gasteiger partial charge on any atom is -0.370 e. The van der Waals surface area contributed by atoms with Gasteiger partial charge in [0.15, 0.2) is 0 Å². The highest BCUT2D eigenvalue weighted by Crippen LogP contribution is 2.25. The van der Waals surface area contributed by atoms with E-state index in [4.69, 9.17) is 0 Å². The Bertz CT molecular complexity index is 904. The number of benzene rings is 1. The van der Waals surface area contributed by atoms with Gasteiger partial charge in [-0.25, -0.2) is 4.79 Å². The van der Waals surface area contributed by atoms with E-state index < -0.39 is 0 Å². The number of aryl methyl sites for hydroxylation is 1. The Kier molecular flexibility index (Phi) is 6.04. The lowest BCUT2D eigenvalue weighted by molar-refractivity contribution is 0.217. The highest BCUT2D eigenvalue weighted by atomic mass is 16.2. The van der Waals surface area contributed by atoms with E-state index in [1.165, 1.54) is 17.7 Å². The number of urea groups is 1. The summed E-state index contributed by atoms with van der Waals surface area (Å²) >= 11 is 0. The smallest absolute Gasteiger partial charge is 0.322 e. The molecule has 1 unspecified atom stereocenters. The summed E-state index contributed by atoms with van der Waals surface area (Å²) in [5, 5.41) is 3.03. The number of likely N-dealkylation sites (N-methyl/N-ethyl adjacent to an activating group) is 1. The lowest BCUT2D eigenvalue weighted by Crippen LogP contribution is -2.37. The second-order valence-electron chi connectivity index (χ2n) is 8.48. The first-order valence-electron chi connectivity index (χ1n) is 10.7. The number of pyridine rings is 1. The summed E-state index contributed by atoms with van der Waals surface area (Å²) in [6.45, 7) is 5.47. The van der Waals surface area contributed by atoms with E-state index in [0.29, 0.717) is 19.1 Å². The summed E-state index contributed by atoms with van der Waals surface area (Å²) in [5.41, 5.74) is 5.43. The SMILES string of the molecule is Cc1ccc(C2=CCN(C(=O)Nc3ccc(N4CCC(N(C)C)C4)cc3)CC2)nc1. The van der Waals surface area contributed by atoms with Crippen LogP contribution in [0.1, 0.15) is 24.1 Å². The monoisotopic (exact) mass is 405 g/mol. The molecule has 1 aromatic heterocycles. The molecular formula is C24H31N5O. The lowest BCUT2D eigenvalue weighted by Gasteiger charge is -2.27. The largest absolute Gasteiger partial charge is 0.370 e. The summed E-state index contributed by atoms with van der Waals surface area (Å²) < 4.78 is 0. The zero-order valence-corrected chi connectivity index (χ0v) is 18.1. The van der Waals surface area contributed by atoms with Gasteiger partial charge < -0.3 is 20.0 Å². The number of carbonyl (C=O) groups is 1. The van der Waals surface area contributed by atoms with Crippen LogP contribution in [0.3, 0.4) is 0 Å². The van der Waals surface area contributed by atoms with Crippen molar-refractivity contribution < 1.29 is 4.79 Å². The second kappa shape index (κ2) is 8.88. The van der Waals surface area contributed by atoms with Gasteiger partial charge in [0.1, 0.15) is 0 Å². The van der Waals surface area contributed by atoms with Crippen LogP contribution in [0.2, 0.25) is 0 Å². The van der Waals surface area contributed by atoms with Gasteiger partial charge >= 0.3 is 6.03 Å². The third-order valence-electron chi connectivity index (χ3n) is 6.11. The number of aromatic nitrogens is 1. The number of hydrogen-bond donors (Lipinski definition) is 1. The van der Waals surface area contributed by atoms with Crippen LogP contribution < -0.4 is 10.2 Å². The number of carbonyl (C=O) groups excluding carboxylic acids is 1. The Morgan fingerprint density at radius 1 is 1.13 bits per heavy atom. The predicted molar refractivity (Wildman–Crippen MR) is 123 cm³/mol. The molecule has 2 aromatic rings. The van der Waals surface area contributed by atoms with E-state index >= 15 is 0 Å². The maximum absolute atomic E-state index is 12.7. The van der Waals surface area contributed by atoms with Crippen molar-refractivity contribution in [1.29, 1.82) is 0 Å². The Morgan fingerprint density at radius 2 is 1.93 bits per heavy atom. The predicted octanol–water partition coefficient (Wildman–Crippen LogP) is 3.85. The number of amides is 2. The van der Waals surface area contributed by atoms with Crippen LogP contribution in [0.5, 0.6) is 0 Å². The first-order valence-corrected chi connectivity index (χ1v) is 10.7. The van der Waals surface area contributed by atoms with Gasteiger partial charge in [0.25, 0.3) is 0 Å². The van der Waals surface area contributed by atoms with Crippen LogP contribution in [-0.2, 0) is 0 Å². The number of nitrogens with zero attached hydrogens (tertiary/aromatic N) is 4. The fourth-order valence-electron chi connectivity index (χ4n) is 4.10. The molecule has 1 atom stereocenters. The molecule has 0 bridgehead atoms. The molecule has 2 aliphatic rings. The fourth-order valence-corrected chi connectivity index (χ4v) is 4.10. The minimum absolute atomic E-state index is 0.0521. The number of anilines is 2. The molecule has 158 valence electrons.